The van der Waals surface area contributed by atoms with Gasteiger partial charge >= 0.3 is 0 Å². The van der Waals surface area contributed by atoms with Crippen LogP contribution in [-0.2, 0) is 0 Å². The van der Waals surface area contributed by atoms with E-state index in [9.17, 15) is 19.8 Å². The van der Waals surface area contributed by atoms with Crippen LogP contribution in [0.25, 0.3) is 0 Å². The zero-order chi connectivity index (χ0) is 21.7. The van der Waals surface area contributed by atoms with Crippen LogP contribution in [0.4, 0.5) is 5.69 Å². The minimum Gasteiger partial charge on any atom is -0.506 e. The van der Waals surface area contributed by atoms with Gasteiger partial charge in [0.25, 0.3) is 11.8 Å². The molecule has 0 aliphatic heterocycles. The van der Waals surface area contributed by atoms with E-state index >= 15 is 0 Å². The fraction of sp³-hybridized carbons (Fsp3) is 0. The van der Waals surface area contributed by atoms with Crippen LogP contribution in [0, 0.1) is 0 Å². The lowest BCUT2D eigenvalue weighted by Crippen LogP contribution is -2.18. The summed E-state index contributed by atoms with van der Waals surface area (Å²) in [7, 11) is 0. The topological polar surface area (TPSA) is 111 Å². The first kappa shape index (κ1) is 21.5. The summed E-state index contributed by atoms with van der Waals surface area (Å²) in [5.41, 5.74) is 4.05. The van der Waals surface area contributed by atoms with E-state index in [-0.39, 0.29) is 27.4 Å². The van der Waals surface area contributed by atoms with E-state index < -0.39 is 5.91 Å². The van der Waals surface area contributed by atoms with Crippen LogP contribution in [0.3, 0.4) is 0 Å². The summed E-state index contributed by atoms with van der Waals surface area (Å²) in [6, 6.07) is 16.6. The summed E-state index contributed by atoms with van der Waals surface area (Å²) in [5.74, 6) is -1.08. The van der Waals surface area contributed by atoms with Crippen molar-refractivity contribution in [3.63, 3.8) is 0 Å². The molecular weight excluding hydrogens is 518 g/mol. The first-order chi connectivity index (χ1) is 14.4. The molecule has 0 fully saturated rings. The van der Waals surface area contributed by atoms with E-state index in [1.54, 1.807) is 48.5 Å². The first-order valence-electron chi connectivity index (χ1n) is 8.56. The number of phenols is 2. The average molecular weight is 533 g/mol. The molecule has 0 aromatic heterocycles. The molecule has 7 nitrogen and oxygen atoms in total. The number of aromatic hydroxyl groups is 2. The Bertz CT molecular complexity index is 1120. The van der Waals surface area contributed by atoms with Crippen molar-refractivity contribution >= 4 is 55.6 Å². The standard InChI is InChI=1S/C21H15Br2N3O4/c22-16-10-14(18(27)17(23)19(16)28)11-24-26-21(30)13-6-8-15(9-7-13)25-20(29)12-4-2-1-3-5-12/h1-11,27-28H,(H,25,29)(H,26,30)/b24-11+. The van der Waals surface area contributed by atoms with Crippen molar-refractivity contribution in [2.45, 2.75) is 0 Å². The van der Waals surface area contributed by atoms with E-state index in [2.05, 4.69) is 47.7 Å². The minimum atomic E-state index is -0.469. The molecule has 0 spiro atoms. The number of hydrazone groups is 1. The predicted octanol–water partition coefficient (Wildman–Crippen LogP) is 4.64. The van der Waals surface area contributed by atoms with Crippen molar-refractivity contribution in [3.8, 4) is 11.5 Å². The second-order valence-corrected chi connectivity index (χ2v) is 7.70. The highest BCUT2D eigenvalue weighted by Crippen LogP contribution is 2.40. The summed E-state index contributed by atoms with van der Waals surface area (Å²) >= 11 is 6.23. The number of carbonyl (C=O) groups is 2. The van der Waals surface area contributed by atoms with Crippen molar-refractivity contribution < 1.29 is 19.8 Å². The molecule has 4 N–H and O–H groups in total. The summed E-state index contributed by atoms with van der Waals surface area (Å²) in [4.78, 5) is 24.4. The van der Waals surface area contributed by atoms with Crippen molar-refractivity contribution in [1.82, 2.24) is 5.43 Å². The van der Waals surface area contributed by atoms with E-state index in [4.69, 9.17) is 0 Å². The largest absolute Gasteiger partial charge is 0.506 e. The van der Waals surface area contributed by atoms with Gasteiger partial charge in [0.05, 0.1) is 10.7 Å². The smallest absolute Gasteiger partial charge is 0.271 e. The number of rotatable bonds is 5. The average Bonchev–Trinajstić information content (AvgIpc) is 2.76. The second kappa shape index (κ2) is 9.55. The maximum absolute atomic E-state index is 12.2. The maximum atomic E-state index is 12.2. The molecule has 0 bridgehead atoms. The van der Waals surface area contributed by atoms with E-state index in [0.29, 0.717) is 21.3 Å². The normalized spacial score (nSPS) is 10.7. The molecule has 0 unspecified atom stereocenters. The monoisotopic (exact) mass is 531 g/mol. The highest BCUT2D eigenvalue weighted by Gasteiger charge is 2.13. The van der Waals surface area contributed by atoms with Crippen LogP contribution in [-0.4, -0.2) is 28.2 Å². The second-order valence-electron chi connectivity index (χ2n) is 6.06. The molecule has 152 valence electrons. The molecule has 3 aromatic carbocycles. The molecule has 30 heavy (non-hydrogen) atoms. The molecule has 0 heterocycles. The van der Waals surface area contributed by atoms with Gasteiger partial charge in [0, 0.05) is 22.4 Å². The van der Waals surface area contributed by atoms with E-state index in [1.807, 2.05) is 6.07 Å². The number of hydrogen-bond donors (Lipinski definition) is 4. The van der Waals surface area contributed by atoms with Crippen molar-refractivity contribution in [2.24, 2.45) is 5.10 Å². The first-order valence-corrected chi connectivity index (χ1v) is 10.1. The predicted molar refractivity (Wildman–Crippen MR) is 121 cm³/mol. The van der Waals surface area contributed by atoms with Gasteiger partial charge in [-0.05, 0) is 74.3 Å². The Morgan fingerprint density at radius 3 is 2.17 bits per heavy atom. The Balaban J connectivity index is 1.63. The lowest BCUT2D eigenvalue weighted by molar-refractivity contribution is 0.0954. The van der Waals surface area contributed by atoms with Crippen molar-refractivity contribution in [1.29, 1.82) is 0 Å². The molecule has 0 saturated carbocycles. The summed E-state index contributed by atoms with van der Waals surface area (Å²) in [6.07, 6.45) is 1.25. The third kappa shape index (κ3) is 5.05. The number of hydrogen-bond acceptors (Lipinski definition) is 5. The minimum absolute atomic E-state index is 0.109. The Labute approximate surface area is 188 Å². The molecule has 0 saturated heterocycles. The lowest BCUT2D eigenvalue weighted by Gasteiger charge is -2.07. The van der Waals surface area contributed by atoms with Gasteiger partial charge in [-0.25, -0.2) is 5.43 Å². The van der Waals surface area contributed by atoms with Crippen LogP contribution >= 0.6 is 31.9 Å². The van der Waals surface area contributed by atoms with Gasteiger partial charge in [-0.2, -0.15) is 5.10 Å². The summed E-state index contributed by atoms with van der Waals surface area (Å²) < 4.78 is 0.464. The Kier molecular flexibility index (Phi) is 6.86. The van der Waals surface area contributed by atoms with Crippen LogP contribution in [0.2, 0.25) is 0 Å². The number of phenolic OH excluding ortho intramolecular Hbond substituents is 2. The van der Waals surface area contributed by atoms with Gasteiger partial charge in [-0.3, -0.25) is 9.59 Å². The van der Waals surface area contributed by atoms with Gasteiger partial charge < -0.3 is 15.5 Å². The molecule has 9 heteroatoms. The lowest BCUT2D eigenvalue weighted by atomic mass is 10.1. The number of carbonyl (C=O) groups excluding carboxylic acids is 2. The van der Waals surface area contributed by atoms with Gasteiger partial charge in [-0.15, -0.1) is 0 Å². The number of nitrogens with zero attached hydrogens (tertiary/aromatic N) is 1. The Hall–Kier alpha value is -3.17. The molecule has 0 aliphatic carbocycles. The summed E-state index contributed by atoms with van der Waals surface area (Å²) in [5, 5.41) is 26.3. The van der Waals surface area contributed by atoms with Crippen LogP contribution in [0.5, 0.6) is 11.5 Å². The van der Waals surface area contributed by atoms with Gasteiger partial charge in [0.15, 0.2) is 0 Å². The highest BCUT2D eigenvalue weighted by atomic mass is 79.9. The molecule has 0 atom stereocenters. The zero-order valence-corrected chi connectivity index (χ0v) is 18.4. The van der Waals surface area contributed by atoms with Gasteiger partial charge in [0.2, 0.25) is 0 Å². The molecule has 0 aliphatic rings. The number of benzene rings is 3. The fourth-order valence-corrected chi connectivity index (χ4v) is 3.59. The number of amides is 2. The molecule has 3 rings (SSSR count). The van der Waals surface area contributed by atoms with Crippen LogP contribution in [0.15, 0.2) is 74.7 Å². The molecular formula is C21H15Br2N3O4. The molecule has 3 aromatic rings. The van der Waals surface area contributed by atoms with Crippen molar-refractivity contribution in [3.05, 3.63) is 86.3 Å². The number of halogens is 2. The van der Waals surface area contributed by atoms with Crippen molar-refractivity contribution in [2.75, 3.05) is 5.32 Å². The highest BCUT2D eigenvalue weighted by molar-refractivity contribution is 9.11. The van der Waals surface area contributed by atoms with Crippen LogP contribution in [0.1, 0.15) is 26.3 Å². The van der Waals surface area contributed by atoms with Gasteiger partial charge in [-0.1, -0.05) is 18.2 Å². The fourth-order valence-electron chi connectivity index (χ4n) is 2.44. The zero-order valence-electron chi connectivity index (χ0n) is 15.3. The Morgan fingerprint density at radius 1 is 0.867 bits per heavy atom. The Morgan fingerprint density at radius 2 is 1.50 bits per heavy atom. The van der Waals surface area contributed by atoms with E-state index in [0.717, 1.165) is 0 Å². The maximum Gasteiger partial charge on any atom is 0.271 e. The van der Waals surface area contributed by atoms with Crippen LogP contribution < -0.4 is 10.7 Å². The van der Waals surface area contributed by atoms with E-state index in [1.165, 1.54) is 12.3 Å². The third-order valence-corrected chi connectivity index (χ3v) is 5.36. The molecule has 0 radical (unpaired) electrons. The SMILES string of the molecule is O=C(N/N=C/c1cc(Br)c(O)c(Br)c1O)c1ccc(NC(=O)c2ccccc2)cc1. The number of nitrogens with one attached hydrogen (secondary N) is 2. The number of anilines is 1. The molecule has 2 amide bonds. The quantitative estimate of drug-likeness (QED) is 0.283. The summed E-state index contributed by atoms with van der Waals surface area (Å²) in [6.45, 7) is 0. The van der Waals surface area contributed by atoms with Gasteiger partial charge in [0.1, 0.15) is 16.0 Å². The third-order valence-electron chi connectivity index (χ3n) is 4.01.